The summed E-state index contributed by atoms with van der Waals surface area (Å²) in [5.41, 5.74) is 4.70. The molecule has 1 amide bonds. The summed E-state index contributed by atoms with van der Waals surface area (Å²) in [6, 6.07) is 0. The molecule has 0 spiro atoms. The molecule has 1 rings (SSSR count). The number of primary amides is 1. The molecule has 0 aromatic heterocycles. The topological polar surface area (TPSA) is 138 Å². The zero-order chi connectivity index (χ0) is 25.1. The van der Waals surface area contributed by atoms with Crippen LogP contribution in [0, 0.1) is 11.8 Å². The maximum Gasteiger partial charge on any atom is 0.279 e. The van der Waals surface area contributed by atoms with E-state index in [1.165, 1.54) is 51.4 Å². The quantitative estimate of drug-likeness (QED) is 0.125. The van der Waals surface area contributed by atoms with E-state index in [1.807, 2.05) is 0 Å². The van der Waals surface area contributed by atoms with Gasteiger partial charge in [0.25, 0.3) is 16.0 Å². The van der Waals surface area contributed by atoms with Gasteiger partial charge < -0.3 is 14.8 Å². The molecule has 0 aliphatic carbocycles. The second-order valence-corrected chi connectivity index (χ2v) is 12.8. The number of rotatable bonds is 18. The predicted molar refractivity (Wildman–Crippen MR) is 132 cm³/mol. The zero-order valence-electron chi connectivity index (χ0n) is 20.8. The Labute approximate surface area is 203 Å². The van der Waals surface area contributed by atoms with Crippen molar-refractivity contribution in [1.29, 1.82) is 0 Å². The lowest BCUT2D eigenvalue weighted by atomic mass is 9.76. The number of carbonyl (C=O) groups is 1. The number of quaternary nitrogens is 1. The highest BCUT2D eigenvalue weighted by Gasteiger charge is 2.64. The van der Waals surface area contributed by atoms with Gasteiger partial charge in [-0.1, -0.05) is 88.6 Å². The van der Waals surface area contributed by atoms with Gasteiger partial charge in [-0.2, -0.15) is 8.42 Å². The molecule has 8 nitrogen and oxygen atoms in total. The summed E-state index contributed by atoms with van der Waals surface area (Å²) < 4.78 is 55.8. The second kappa shape index (κ2) is 14.1. The van der Waals surface area contributed by atoms with Crippen molar-refractivity contribution in [2.45, 2.75) is 95.9 Å². The van der Waals surface area contributed by atoms with Crippen molar-refractivity contribution in [3.8, 4) is 0 Å². The number of nitrogens with two attached hydrogens (primary N) is 1. The van der Waals surface area contributed by atoms with Gasteiger partial charge >= 0.3 is 0 Å². The third kappa shape index (κ3) is 9.55. The third-order valence-corrected chi connectivity index (χ3v) is 9.01. The molecule has 4 atom stereocenters. The summed E-state index contributed by atoms with van der Waals surface area (Å²) in [7, 11) is -0.709. The van der Waals surface area contributed by atoms with Crippen LogP contribution in [0.3, 0.4) is 0 Å². The van der Waals surface area contributed by atoms with E-state index in [1.54, 1.807) is 14.1 Å². The minimum absolute atomic E-state index is 0.127. The normalized spacial score (nSPS) is 25.8. The largest absolute Gasteiger partial charge is 0.772 e. The summed E-state index contributed by atoms with van der Waals surface area (Å²) >= 11 is -2.46. The second-order valence-electron chi connectivity index (χ2n) is 10.4. The molecule has 1 heterocycles. The number of amides is 1. The van der Waals surface area contributed by atoms with Gasteiger partial charge in [-0.15, -0.1) is 0 Å². The minimum atomic E-state index is -4.31. The van der Waals surface area contributed by atoms with Gasteiger partial charge in [0.2, 0.25) is 0 Å². The summed E-state index contributed by atoms with van der Waals surface area (Å²) in [5.74, 6) is -2.91. The van der Waals surface area contributed by atoms with Gasteiger partial charge in [-0.05, 0) is 6.42 Å². The maximum atomic E-state index is 12.8. The number of unbranched alkanes of at least 4 members (excludes halogenated alkanes) is 11. The first-order valence-electron chi connectivity index (χ1n) is 12.5. The van der Waals surface area contributed by atoms with Crippen LogP contribution in [0.15, 0.2) is 0 Å². The van der Waals surface area contributed by atoms with Crippen LogP contribution in [0.2, 0.25) is 0 Å². The number of hydrogen-bond acceptors (Lipinski definition) is 5. The van der Waals surface area contributed by atoms with Gasteiger partial charge in [0.1, 0.15) is 0 Å². The highest BCUT2D eigenvalue weighted by Crippen LogP contribution is 2.46. The maximum absolute atomic E-state index is 12.8. The molecule has 196 valence electrons. The van der Waals surface area contributed by atoms with Gasteiger partial charge in [-0.25, -0.2) is 0 Å². The van der Waals surface area contributed by atoms with E-state index in [4.69, 9.17) is 5.73 Å². The van der Waals surface area contributed by atoms with Crippen LogP contribution in [0.25, 0.3) is 0 Å². The van der Waals surface area contributed by atoms with E-state index in [0.717, 1.165) is 25.7 Å². The van der Waals surface area contributed by atoms with Gasteiger partial charge in [-0.3, -0.25) is 13.6 Å². The third-order valence-electron chi connectivity index (χ3n) is 7.53. The molecule has 10 heteroatoms. The van der Waals surface area contributed by atoms with Gasteiger partial charge in [0, 0.05) is 24.0 Å². The van der Waals surface area contributed by atoms with Crippen LogP contribution in [-0.4, -0.2) is 69.8 Å². The Kier molecular flexibility index (Phi) is 13.0. The van der Waals surface area contributed by atoms with E-state index in [0.29, 0.717) is 6.42 Å². The van der Waals surface area contributed by atoms with E-state index < -0.39 is 50.2 Å². The molecule has 4 unspecified atom stereocenters. The first-order chi connectivity index (χ1) is 15.4. The van der Waals surface area contributed by atoms with E-state index in [2.05, 4.69) is 6.92 Å². The van der Waals surface area contributed by atoms with Crippen molar-refractivity contribution >= 4 is 27.1 Å². The summed E-state index contributed by atoms with van der Waals surface area (Å²) in [5, 5.41) is 0. The van der Waals surface area contributed by atoms with Crippen LogP contribution in [-0.2, 0) is 26.0 Å². The number of likely N-dealkylation sites (N-methyl/N-ethyl adjacent to an activating group) is 1. The van der Waals surface area contributed by atoms with E-state index >= 15 is 0 Å². The van der Waals surface area contributed by atoms with Gasteiger partial charge in [0.15, 0.2) is 5.54 Å². The van der Waals surface area contributed by atoms with Crippen LogP contribution in [0.4, 0.5) is 0 Å². The lowest BCUT2D eigenvalue weighted by Gasteiger charge is -2.44. The van der Waals surface area contributed by atoms with Crippen molar-refractivity contribution in [2.24, 2.45) is 17.6 Å². The fourth-order valence-corrected chi connectivity index (χ4v) is 7.62. The Morgan fingerprint density at radius 1 is 1.03 bits per heavy atom. The fourth-order valence-electron chi connectivity index (χ4n) is 5.90. The van der Waals surface area contributed by atoms with Crippen LogP contribution >= 0.6 is 0 Å². The SMILES string of the molecule is CCCCCCCCCCCCCCC1(C(N)=O)C(CS(=O)[O-])C(CS(=O)(=O)O)C[N+]1(C)C. The summed E-state index contributed by atoms with van der Waals surface area (Å²) in [4.78, 5) is 12.8. The molecule has 1 aliphatic rings. The molecule has 0 saturated carbocycles. The Bertz CT molecular complexity index is 728. The molecule has 0 aromatic rings. The van der Waals surface area contributed by atoms with Crippen molar-refractivity contribution in [2.75, 3.05) is 32.1 Å². The summed E-state index contributed by atoms with van der Waals surface area (Å²) in [6.45, 7) is 2.49. The molecular weight excluding hydrogens is 464 g/mol. The van der Waals surface area contributed by atoms with Crippen molar-refractivity contribution in [1.82, 2.24) is 0 Å². The number of likely N-dealkylation sites (tertiary alicyclic amines) is 1. The molecule has 0 bridgehead atoms. The van der Waals surface area contributed by atoms with Crippen molar-refractivity contribution in [3.63, 3.8) is 0 Å². The molecule has 0 aromatic carbocycles. The Balaban J connectivity index is 2.65. The van der Waals surface area contributed by atoms with Crippen LogP contribution < -0.4 is 5.73 Å². The molecule has 1 saturated heterocycles. The number of nitrogens with zero attached hydrogens (tertiary/aromatic N) is 1. The Hall–Kier alpha value is -0.550. The average Bonchev–Trinajstić information content (AvgIpc) is 2.87. The average molecular weight is 511 g/mol. The Morgan fingerprint density at radius 2 is 1.48 bits per heavy atom. The van der Waals surface area contributed by atoms with Crippen molar-refractivity contribution in [3.05, 3.63) is 0 Å². The van der Waals surface area contributed by atoms with E-state index in [-0.39, 0.29) is 16.8 Å². The number of hydrogen-bond donors (Lipinski definition) is 2. The van der Waals surface area contributed by atoms with Gasteiger partial charge in [0.05, 0.1) is 26.4 Å². The van der Waals surface area contributed by atoms with Crippen LogP contribution in [0.5, 0.6) is 0 Å². The summed E-state index contributed by atoms with van der Waals surface area (Å²) in [6.07, 6.45) is 14.5. The molecule has 3 N–H and O–H groups in total. The molecule has 1 fully saturated rings. The van der Waals surface area contributed by atoms with E-state index in [9.17, 15) is 26.5 Å². The smallest absolute Gasteiger partial charge is 0.279 e. The lowest BCUT2D eigenvalue weighted by molar-refractivity contribution is -0.921. The highest BCUT2D eigenvalue weighted by molar-refractivity contribution is 7.85. The highest BCUT2D eigenvalue weighted by atomic mass is 32.2. The first-order valence-corrected chi connectivity index (χ1v) is 15.4. The van der Waals surface area contributed by atoms with Crippen LogP contribution in [0.1, 0.15) is 90.4 Å². The zero-order valence-corrected chi connectivity index (χ0v) is 22.4. The monoisotopic (exact) mass is 510 g/mol. The fraction of sp³-hybridized carbons (Fsp3) is 0.957. The Morgan fingerprint density at radius 3 is 1.88 bits per heavy atom. The lowest BCUT2D eigenvalue weighted by Crippen LogP contribution is -2.65. The van der Waals surface area contributed by atoms with Crippen molar-refractivity contribution < 1.29 is 31.0 Å². The number of carbonyl (C=O) groups excluding carboxylic acids is 1. The molecular formula is C23H46N2O6S2. The minimum Gasteiger partial charge on any atom is -0.772 e. The molecule has 0 radical (unpaired) electrons. The molecule has 33 heavy (non-hydrogen) atoms. The predicted octanol–water partition coefficient (Wildman–Crippen LogP) is 3.39. The first kappa shape index (κ1) is 30.5. The molecule has 1 aliphatic heterocycles. The standard InChI is InChI=1S/C23H46N2O6S2/c1-4-5-6-7-8-9-10-11-12-13-14-15-16-23(22(24)26)21(18-32(27)28)20(17-25(23,2)3)19-33(29,30)31/h20-21H,4-19H2,1-3H3,(H3-,24,26,27,28,29,30,31).